The summed E-state index contributed by atoms with van der Waals surface area (Å²) in [6.45, 7) is 1.38. The van der Waals surface area contributed by atoms with E-state index >= 15 is 0 Å². The van der Waals surface area contributed by atoms with Gasteiger partial charge in [-0.2, -0.15) is 8.42 Å². The highest BCUT2D eigenvalue weighted by Gasteiger charge is 2.10. The molecule has 0 radical (unpaired) electrons. The molecule has 0 unspecified atom stereocenters. The van der Waals surface area contributed by atoms with Gasteiger partial charge >= 0.3 is 0 Å². The van der Waals surface area contributed by atoms with E-state index in [0.717, 1.165) is 0 Å². The van der Waals surface area contributed by atoms with Gasteiger partial charge in [0.1, 0.15) is 16.4 Å². The molecule has 0 aliphatic carbocycles. The normalized spacial score (nSPS) is 12.2. The van der Waals surface area contributed by atoms with E-state index in [1.165, 1.54) is 0 Å². The average molecular weight is 296 g/mol. The van der Waals surface area contributed by atoms with Crippen LogP contribution < -0.4 is 0 Å². The largest absolute Gasteiger partial charge is 0.268 e. The van der Waals surface area contributed by atoms with Crippen molar-refractivity contribution >= 4 is 20.0 Å². The van der Waals surface area contributed by atoms with E-state index in [-0.39, 0.29) is 23.9 Å². The lowest BCUT2D eigenvalue weighted by Crippen LogP contribution is -2.11. The number of unbranched alkanes of at least 4 members (excludes halogenated alkanes) is 3. The Morgan fingerprint density at radius 2 is 1.56 bits per heavy atom. The Kier molecular flexibility index (Phi) is 8.24. The molecule has 0 bridgehead atoms. The number of terminal acetylenes is 1. The summed E-state index contributed by atoms with van der Waals surface area (Å²) in [5.74, 6) is 2.34. The molecular formula is C11H20O5S2. The Morgan fingerprint density at radius 3 is 2.06 bits per heavy atom. The minimum atomic E-state index is -3.52. The topological polar surface area (TPSA) is 77.5 Å². The SMILES string of the molecule is C#CCOS(=O)(=O)CCCCCCS(=O)(=O)CC. The van der Waals surface area contributed by atoms with Crippen molar-refractivity contribution in [2.24, 2.45) is 0 Å². The number of rotatable bonds is 10. The molecule has 0 aliphatic rings. The molecule has 0 aliphatic heterocycles. The van der Waals surface area contributed by atoms with E-state index in [4.69, 9.17) is 6.42 Å². The molecule has 0 N–H and O–H groups in total. The van der Waals surface area contributed by atoms with Crippen LogP contribution in [0.2, 0.25) is 0 Å². The second kappa shape index (κ2) is 8.51. The van der Waals surface area contributed by atoms with Crippen molar-refractivity contribution < 1.29 is 21.0 Å². The molecule has 0 fully saturated rings. The van der Waals surface area contributed by atoms with Crippen molar-refractivity contribution in [1.29, 1.82) is 0 Å². The van der Waals surface area contributed by atoms with Crippen LogP contribution >= 0.6 is 0 Å². The predicted molar refractivity (Wildman–Crippen MR) is 71.4 cm³/mol. The summed E-state index contributed by atoms with van der Waals surface area (Å²) in [4.78, 5) is 0. The third kappa shape index (κ3) is 9.45. The molecule has 0 spiro atoms. The van der Waals surface area contributed by atoms with Crippen molar-refractivity contribution in [3.63, 3.8) is 0 Å². The van der Waals surface area contributed by atoms with Crippen LogP contribution in [0.25, 0.3) is 0 Å². The third-order valence-corrected chi connectivity index (χ3v) is 5.42. The van der Waals surface area contributed by atoms with Crippen LogP contribution in [0.5, 0.6) is 0 Å². The van der Waals surface area contributed by atoms with Crippen LogP contribution in [0, 0.1) is 12.3 Å². The molecule has 0 amide bonds. The van der Waals surface area contributed by atoms with E-state index in [0.29, 0.717) is 25.7 Å². The first-order valence-corrected chi connectivity index (χ1v) is 9.24. The maximum Gasteiger partial charge on any atom is 0.268 e. The fourth-order valence-electron chi connectivity index (χ4n) is 1.28. The molecule has 106 valence electrons. The zero-order valence-electron chi connectivity index (χ0n) is 10.6. The van der Waals surface area contributed by atoms with E-state index in [9.17, 15) is 16.8 Å². The zero-order chi connectivity index (χ0) is 14.1. The molecule has 0 aromatic heterocycles. The summed E-state index contributed by atoms with van der Waals surface area (Å²) in [5.41, 5.74) is 0. The third-order valence-electron chi connectivity index (χ3n) is 2.36. The Balaban J connectivity index is 3.67. The summed E-state index contributed by atoms with van der Waals surface area (Å²) >= 11 is 0. The van der Waals surface area contributed by atoms with Crippen molar-refractivity contribution in [1.82, 2.24) is 0 Å². The first-order valence-electron chi connectivity index (χ1n) is 5.84. The molecule has 0 heterocycles. The lowest BCUT2D eigenvalue weighted by atomic mass is 10.2. The summed E-state index contributed by atoms with van der Waals surface area (Å²) in [6, 6.07) is 0. The van der Waals surface area contributed by atoms with Gasteiger partial charge in [-0.25, -0.2) is 8.42 Å². The Hall–Kier alpha value is -0.580. The van der Waals surface area contributed by atoms with Gasteiger partial charge in [-0.1, -0.05) is 25.7 Å². The van der Waals surface area contributed by atoms with Gasteiger partial charge in [-0.05, 0) is 12.8 Å². The highest BCUT2D eigenvalue weighted by molar-refractivity contribution is 7.91. The monoisotopic (exact) mass is 296 g/mol. The fourth-order valence-corrected chi connectivity index (χ4v) is 3.14. The number of sulfone groups is 1. The van der Waals surface area contributed by atoms with Crippen LogP contribution in [0.4, 0.5) is 0 Å². The van der Waals surface area contributed by atoms with Gasteiger partial charge in [0, 0.05) is 5.75 Å². The van der Waals surface area contributed by atoms with Crippen molar-refractivity contribution in [2.75, 3.05) is 23.9 Å². The minimum Gasteiger partial charge on any atom is -0.257 e. The molecule has 0 aromatic rings. The smallest absolute Gasteiger partial charge is 0.257 e. The predicted octanol–water partition coefficient (Wildman–Crippen LogP) is 0.961. The standard InChI is InChI=1S/C11H20O5S2/c1-3-9-16-18(14,15)11-8-6-5-7-10-17(12,13)4-2/h1H,4-11H2,2H3. The van der Waals surface area contributed by atoms with Gasteiger partial charge in [0.05, 0.1) is 11.5 Å². The van der Waals surface area contributed by atoms with Crippen LogP contribution in [-0.4, -0.2) is 40.7 Å². The summed E-state index contributed by atoms with van der Waals surface area (Å²) < 4.78 is 49.3. The average Bonchev–Trinajstić information content (AvgIpc) is 2.31. The first-order chi connectivity index (χ1) is 8.33. The van der Waals surface area contributed by atoms with Crippen LogP contribution in [-0.2, 0) is 24.1 Å². The van der Waals surface area contributed by atoms with Gasteiger partial charge in [-0.3, -0.25) is 4.18 Å². The molecule has 7 heteroatoms. The molecule has 0 saturated carbocycles. The highest BCUT2D eigenvalue weighted by Crippen LogP contribution is 2.06. The lowest BCUT2D eigenvalue weighted by molar-refractivity contribution is 0.362. The fraction of sp³-hybridized carbons (Fsp3) is 0.818. The second-order valence-corrected chi connectivity index (χ2v) is 8.11. The van der Waals surface area contributed by atoms with Gasteiger partial charge in [0.15, 0.2) is 0 Å². The van der Waals surface area contributed by atoms with Gasteiger partial charge in [-0.15, -0.1) is 6.42 Å². The quantitative estimate of drug-likeness (QED) is 0.341. The zero-order valence-corrected chi connectivity index (χ0v) is 12.2. The van der Waals surface area contributed by atoms with Crippen LogP contribution in [0.3, 0.4) is 0 Å². The Bertz CT molecular complexity index is 456. The molecule has 0 atom stereocenters. The molecule has 0 saturated heterocycles. The van der Waals surface area contributed by atoms with E-state index < -0.39 is 20.0 Å². The minimum absolute atomic E-state index is 0.0742. The van der Waals surface area contributed by atoms with Gasteiger partial charge in [0.2, 0.25) is 0 Å². The Labute approximate surface area is 110 Å². The van der Waals surface area contributed by atoms with Crippen LogP contribution in [0.1, 0.15) is 32.6 Å². The molecule has 0 rings (SSSR count). The van der Waals surface area contributed by atoms with Crippen molar-refractivity contribution in [3.05, 3.63) is 0 Å². The number of hydrogen-bond donors (Lipinski definition) is 0. The second-order valence-electron chi connectivity index (χ2n) is 3.88. The highest BCUT2D eigenvalue weighted by atomic mass is 32.2. The molecule has 0 aromatic carbocycles. The van der Waals surface area contributed by atoms with Crippen molar-refractivity contribution in [2.45, 2.75) is 32.6 Å². The first kappa shape index (κ1) is 17.4. The maximum absolute atomic E-state index is 11.2. The molecule has 18 heavy (non-hydrogen) atoms. The lowest BCUT2D eigenvalue weighted by Gasteiger charge is -2.03. The molecular weight excluding hydrogens is 276 g/mol. The van der Waals surface area contributed by atoms with Crippen molar-refractivity contribution in [3.8, 4) is 12.3 Å². The number of hydrogen-bond acceptors (Lipinski definition) is 5. The van der Waals surface area contributed by atoms with E-state index in [1.54, 1.807) is 6.92 Å². The van der Waals surface area contributed by atoms with E-state index in [1.807, 2.05) is 0 Å². The Morgan fingerprint density at radius 1 is 1.00 bits per heavy atom. The maximum atomic E-state index is 11.2. The summed E-state index contributed by atoms with van der Waals surface area (Å²) in [6.07, 6.45) is 7.28. The summed E-state index contributed by atoms with van der Waals surface area (Å²) in [5, 5.41) is 0. The van der Waals surface area contributed by atoms with Gasteiger partial charge in [0.25, 0.3) is 10.1 Å². The van der Waals surface area contributed by atoms with Gasteiger partial charge < -0.3 is 0 Å². The molecule has 5 nitrogen and oxygen atoms in total. The summed E-state index contributed by atoms with van der Waals surface area (Å²) in [7, 11) is -6.44. The van der Waals surface area contributed by atoms with E-state index in [2.05, 4.69) is 10.1 Å². The van der Waals surface area contributed by atoms with Crippen LogP contribution in [0.15, 0.2) is 0 Å².